The molecule has 1 aromatic carbocycles. The van der Waals surface area contributed by atoms with E-state index in [1.807, 2.05) is 0 Å². The number of nitrogens with zero attached hydrogens (tertiary/aromatic N) is 1. The number of hydrogen-bond acceptors (Lipinski definition) is 4. The minimum Gasteiger partial charge on any atom is -0.444 e. The SMILES string of the molecule is CC(C)(C)OC(=O)Nc1ccc(NC(=O)c2cc(F)c(F)c(F)c2)cn1. The third-order valence-electron chi connectivity index (χ3n) is 2.90. The first-order valence-corrected chi connectivity index (χ1v) is 7.47. The quantitative estimate of drug-likeness (QED) is 0.801. The van der Waals surface area contributed by atoms with Crippen LogP contribution in [-0.2, 0) is 4.74 Å². The number of aromatic nitrogens is 1. The van der Waals surface area contributed by atoms with Gasteiger partial charge in [0.15, 0.2) is 17.5 Å². The highest BCUT2D eigenvalue weighted by atomic mass is 19.2. The Morgan fingerprint density at radius 3 is 2.15 bits per heavy atom. The fraction of sp³-hybridized carbons (Fsp3) is 0.235. The third kappa shape index (κ3) is 5.20. The van der Waals surface area contributed by atoms with Crippen molar-refractivity contribution in [1.29, 1.82) is 0 Å². The Hall–Kier alpha value is -3.10. The average Bonchev–Trinajstić information content (AvgIpc) is 2.52. The molecule has 1 aromatic heterocycles. The number of amides is 2. The van der Waals surface area contributed by atoms with Crippen molar-refractivity contribution in [2.75, 3.05) is 10.6 Å². The van der Waals surface area contributed by atoms with Crippen LogP contribution in [0.1, 0.15) is 31.1 Å². The summed E-state index contributed by atoms with van der Waals surface area (Å²) in [6.07, 6.45) is 0.528. The van der Waals surface area contributed by atoms with E-state index in [9.17, 15) is 22.8 Å². The number of nitrogens with one attached hydrogen (secondary N) is 2. The van der Waals surface area contributed by atoms with Gasteiger partial charge in [-0.15, -0.1) is 0 Å². The van der Waals surface area contributed by atoms with Crippen molar-refractivity contribution in [3.05, 3.63) is 53.5 Å². The molecule has 0 bridgehead atoms. The molecule has 1 heterocycles. The molecular weight excluding hydrogens is 351 g/mol. The Morgan fingerprint density at radius 2 is 1.65 bits per heavy atom. The van der Waals surface area contributed by atoms with E-state index in [2.05, 4.69) is 15.6 Å². The van der Waals surface area contributed by atoms with Crippen LogP contribution >= 0.6 is 0 Å². The van der Waals surface area contributed by atoms with Gasteiger partial charge in [-0.25, -0.2) is 22.9 Å². The number of pyridine rings is 1. The molecule has 0 radical (unpaired) electrons. The van der Waals surface area contributed by atoms with Crippen LogP contribution < -0.4 is 10.6 Å². The molecule has 0 atom stereocenters. The molecule has 6 nitrogen and oxygen atoms in total. The summed E-state index contributed by atoms with van der Waals surface area (Å²) in [5.41, 5.74) is -0.857. The van der Waals surface area contributed by atoms with Crippen molar-refractivity contribution < 1.29 is 27.5 Å². The maximum Gasteiger partial charge on any atom is 0.413 e. The maximum atomic E-state index is 13.2. The van der Waals surface area contributed by atoms with Crippen molar-refractivity contribution in [3.63, 3.8) is 0 Å². The summed E-state index contributed by atoms with van der Waals surface area (Å²) in [4.78, 5) is 27.5. The summed E-state index contributed by atoms with van der Waals surface area (Å²) in [5.74, 6) is -5.26. The molecule has 2 rings (SSSR count). The Kier molecular flexibility index (Phi) is 5.49. The minimum atomic E-state index is -1.65. The number of benzene rings is 1. The Labute approximate surface area is 147 Å². The zero-order valence-electron chi connectivity index (χ0n) is 14.2. The van der Waals surface area contributed by atoms with Crippen LogP contribution in [0.4, 0.5) is 29.5 Å². The first kappa shape index (κ1) is 19.2. The van der Waals surface area contributed by atoms with Crippen molar-refractivity contribution in [3.8, 4) is 0 Å². The lowest BCUT2D eigenvalue weighted by molar-refractivity contribution is 0.0635. The number of hydrogen-bond donors (Lipinski definition) is 2. The van der Waals surface area contributed by atoms with Crippen LogP contribution in [-0.4, -0.2) is 22.6 Å². The van der Waals surface area contributed by atoms with E-state index in [4.69, 9.17) is 4.74 Å². The molecule has 0 unspecified atom stereocenters. The lowest BCUT2D eigenvalue weighted by Gasteiger charge is -2.19. The molecule has 2 N–H and O–H groups in total. The first-order valence-electron chi connectivity index (χ1n) is 7.47. The minimum absolute atomic E-state index is 0.177. The van der Waals surface area contributed by atoms with Crippen LogP contribution in [0, 0.1) is 17.5 Å². The predicted molar refractivity (Wildman–Crippen MR) is 88.4 cm³/mol. The average molecular weight is 367 g/mol. The van der Waals surface area contributed by atoms with Crippen molar-refractivity contribution in [2.24, 2.45) is 0 Å². The molecule has 0 aliphatic carbocycles. The number of halogens is 3. The summed E-state index contributed by atoms with van der Waals surface area (Å²) in [6.45, 7) is 5.12. The molecule has 9 heteroatoms. The van der Waals surface area contributed by atoms with Gasteiger partial charge < -0.3 is 10.1 Å². The molecule has 0 fully saturated rings. The second kappa shape index (κ2) is 7.42. The van der Waals surface area contributed by atoms with E-state index in [1.165, 1.54) is 18.3 Å². The number of rotatable bonds is 3. The van der Waals surface area contributed by atoms with Crippen LogP contribution in [0.15, 0.2) is 30.5 Å². The first-order chi connectivity index (χ1) is 12.0. The van der Waals surface area contributed by atoms with Gasteiger partial charge in [-0.05, 0) is 45.0 Å². The lowest BCUT2D eigenvalue weighted by atomic mass is 10.2. The highest BCUT2D eigenvalue weighted by Gasteiger charge is 2.17. The molecule has 2 aromatic rings. The van der Waals surface area contributed by atoms with E-state index in [0.29, 0.717) is 12.1 Å². The van der Waals surface area contributed by atoms with Crippen molar-refractivity contribution >= 4 is 23.5 Å². The van der Waals surface area contributed by atoms with Crippen LogP contribution in [0.2, 0.25) is 0 Å². The van der Waals surface area contributed by atoms with Crippen LogP contribution in [0.25, 0.3) is 0 Å². The summed E-state index contributed by atoms with van der Waals surface area (Å²) in [6, 6.07) is 3.97. The predicted octanol–water partition coefficient (Wildman–Crippen LogP) is 4.10. The molecule has 0 aliphatic heterocycles. The van der Waals surface area contributed by atoms with Gasteiger partial charge in [0.05, 0.1) is 11.9 Å². The van der Waals surface area contributed by atoms with Gasteiger partial charge in [0.25, 0.3) is 5.91 Å². The Morgan fingerprint density at radius 1 is 1.04 bits per heavy atom. The summed E-state index contributed by atoms with van der Waals surface area (Å²) in [7, 11) is 0. The Balaban J connectivity index is 2.03. The summed E-state index contributed by atoms with van der Waals surface area (Å²) in [5, 5.41) is 4.76. The topological polar surface area (TPSA) is 80.3 Å². The standard InChI is InChI=1S/C17H16F3N3O3/c1-17(2,3)26-16(25)23-13-5-4-10(8-21-13)22-15(24)9-6-11(18)14(20)12(19)7-9/h4-8H,1-3H3,(H,22,24)(H,21,23,25). The van der Waals surface area contributed by atoms with Gasteiger partial charge in [-0.3, -0.25) is 10.1 Å². The largest absolute Gasteiger partial charge is 0.444 e. The van der Waals surface area contributed by atoms with E-state index >= 15 is 0 Å². The third-order valence-corrected chi connectivity index (χ3v) is 2.90. The number of ether oxygens (including phenoxy) is 1. The lowest BCUT2D eigenvalue weighted by Crippen LogP contribution is -2.27. The van der Waals surface area contributed by atoms with Gasteiger partial charge in [-0.1, -0.05) is 0 Å². The Bertz CT molecular complexity index is 810. The molecular formula is C17H16F3N3O3. The van der Waals surface area contributed by atoms with E-state index < -0.39 is 40.6 Å². The van der Waals surface area contributed by atoms with E-state index in [0.717, 1.165) is 0 Å². The normalized spacial score (nSPS) is 11.0. The fourth-order valence-corrected chi connectivity index (χ4v) is 1.84. The second-order valence-corrected chi connectivity index (χ2v) is 6.27. The highest BCUT2D eigenvalue weighted by Crippen LogP contribution is 2.16. The molecule has 0 spiro atoms. The van der Waals surface area contributed by atoms with Crippen LogP contribution in [0.3, 0.4) is 0 Å². The molecule has 0 aliphatic rings. The zero-order valence-corrected chi connectivity index (χ0v) is 14.2. The summed E-state index contributed by atoms with van der Waals surface area (Å²) >= 11 is 0. The van der Waals surface area contributed by atoms with E-state index in [1.54, 1.807) is 20.8 Å². The molecule has 26 heavy (non-hydrogen) atoms. The van der Waals surface area contributed by atoms with E-state index in [-0.39, 0.29) is 11.5 Å². The van der Waals surface area contributed by atoms with Gasteiger partial charge in [0.1, 0.15) is 11.4 Å². The molecule has 0 saturated carbocycles. The second-order valence-electron chi connectivity index (χ2n) is 6.27. The monoisotopic (exact) mass is 367 g/mol. The van der Waals surface area contributed by atoms with Gasteiger partial charge in [0.2, 0.25) is 0 Å². The number of carbonyl (C=O) groups excluding carboxylic acids is 2. The molecule has 0 saturated heterocycles. The zero-order chi connectivity index (χ0) is 19.5. The summed E-state index contributed by atoms with van der Waals surface area (Å²) < 4.78 is 44.3. The molecule has 2 amide bonds. The maximum absolute atomic E-state index is 13.2. The van der Waals surface area contributed by atoms with Gasteiger partial charge in [-0.2, -0.15) is 0 Å². The smallest absolute Gasteiger partial charge is 0.413 e. The number of anilines is 2. The molecule has 138 valence electrons. The van der Waals surface area contributed by atoms with Crippen molar-refractivity contribution in [2.45, 2.75) is 26.4 Å². The van der Waals surface area contributed by atoms with Gasteiger partial charge in [0, 0.05) is 5.56 Å². The number of carbonyl (C=O) groups is 2. The van der Waals surface area contributed by atoms with Gasteiger partial charge >= 0.3 is 6.09 Å². The fourth-order valence-electron chi connectivity index (χ4n) is 1.84. The van der Waals surface area contributed by atoms with Crippen LogP contribution in [0.5, 0.6) is 0 Å². The highest BCUT2D eigenvalue weighted by molar-refractivity contribution is 6.04. The van der Waals surface area contributed by atoms with Crippen molar-refractivity contribution in [1.82, 2.24) is 4.98 Å².